The summed E-state index contributed by atoms with van der Waals surface area (Å²) in [4.78, 5) is 10.2. The molecule has 0 saturated carbocycles. The Morgan fingerprint density at radius 1 is 1.23 bits per heavy atom. The van der Waals surface area contributed by atoms with E-state index >= 15 is 0 Å². The van der Waals surface area contributed by atoms with Crippen molar-refractivity contribution >= 4 is 39.8 Å². The molecule has 0 atom stereocenters. The van der Waals surface area contributed by atoms with Gasteiger partial charge < -0.3 is 4.74 Å². The van der Waals surface area contributed by atoms with E-state index in [-0.39, 0.29) is 21.5 Å². The Morgan fingerprint density at radius 2 is 2.00 bits per heavy atom. The van der Waals surface area contributed by atoms with Gasteiger partial charge >= 0.3 is 0 Å². The van der Waals surface area contributed by atoms with Crippen molar-refractivity contribution in [3.8, 4) is 11.5 Å². The van der Waals surface area contributed by atoms with Gasteiger partial charge in [0.2, 0.25) is 0 Å². The maximum Gasteiger partial charge on any atom is 0.289 e. The first-order chi connectivity index (χ1) is 10.4. The topological polar surface area (TPSA) is 70.2 Å². The molecule has 22 heavy (non-hydrogen) atoms. The van der Waals surface area contributed by atoms with Gasteiger partial charge in [-0.25, -0.2) is 0 Å². The number of hydrogen-bond donors (Lipinski definition) is 0. The molecule has 0 bridgehead atoms. The smallest absolute Gasteiger partial charge is 0.289 e. The van der Waals surface area contributed by atoms with Crippen LogP contribution in [0.25, 0.3) is 10.9 Å². The lowest BCUT2D eigenvalue weighted by Crippen LogP contribution is -1.92. The second-order valence-electron chi connectivity index (χ2n) is 4.62. The minimum atomic E-state index is -0.599. The number of nitro benzene ring substituents is 1. The second-order valence-corrected chi connectivity index (χ2v) is 5.43. The number of aryl methyl sites for hydroxylation is 1. The van der Waals surface area contributed by atoms with E-state index < -0.39 is 4.92 Å². The van der Waals surface area contributed by atoms with Crippen molar-refractivity contribution in [3.63, 3.8) is 0 Å². The molecular formula is C14H9Cl2N3O3. The molecule has 112 valence electrons. The van der Waals surface area contributed by atoms with Crippen LogP contribution in [0, 0.1) is 10.1 Å². The zero-order valence-electron chi connectivity index (χ0n) is 11.3. The lowest BCUT2D eigenvalue weighted by Gasteiger charge is -2.08. The molecule has 0 radical (unpaired) electrons. The Kier molecular flexibility index (Phi) is 3.64. The highest BCUT2D eigenvalue weighted by Gasteiger charge is 2.17. The molecule has 0 N–H and O–H groups in total. The molecule has 0 amide bonds. The summed E-state index contributed by atoms with van der Waals surface area (Å²) in [6.45, 7) is 0. The number of nitro groups is 1. The lowest BCUT2D eigenvalue weighted by atomic mass is 10.2. The molecule has 0 saturated heterocycles. The van der Waals surface area contributed by atoms with Gasteiger partial charge in [-0.3, -0.25) is 14.8 Å². The van der Waals surface area contributed by atoms with Gasteiger partial charge in [-0.2, -0.15) is 5.10 Å². The summed E-state index contributed by atoms with van der Waals surface area (Å²) < 4.78 is 7.35. The normalized spacial score (nSPS) is 10.9. The predicted molar refractivity (Wildman–Crippen MR) is 83.9 cm³/mol. The number of aromatic nitrogens is 2. The van der Waals surface area contributed by atoms with Gasteiger partial charge in [-0.15, -0.1) is 0 Å². The van der Waals surface area contributed by atoms with Gasteiger partial charge in [0.25, 0.3) is 5.69 Å². The molecule has 3 rings (SSSR count). The van der Waals surface area contributed by atoms with Crippen molar-refractivity contribution in [1.29, 1.82) is 0 Å². The highest BCUT2D eigenvalue weighted by molar-refractivity contribution is 6.35. The summed E-state index contributed by atoms with van der Waals surface area (Å²) in [6.07, 6.45) is 1.88. The zero-order chi connectivity index (χ0) is 15.9. The molecule has 0 aliphatic carbocycles. The van der Waals surface area contributed by atoms with E-state index in [1.165, 1.54) is 12.1 Å². The first-order valence-corrected chi connectivity index (χ1v) is 6.94. The molecule has 0 aliphatic rings. The van der Waals surface area contributed by atoms with Gasteiger partial charge in [0.1, 0.15) is 16.5 Å². The van der Waals surface area contributed by atoms with E-state index in [2.05, 4.69) is 5.10 Å². The molecule has 1 aromatic heterocycles. The van der Waals surface area contributed by atoms with Crippen LogP contribution in [0.15, 0.2) is 36.5 Å². The highest BCUT2D eigenvalue weighted by Crippen LogP contribution is 2.38. The van der Waals surface area contributed by atoms with Crippen molar-refractivity contribution in [2.45, 2.75) is 0 Å². The summed E-state index contributed by atoms with van der Waals surface area (Å²) in [6, 6.07) is 7.86. The van der Waals surface area contributed by atoms with Crippen LogP contribution < -0.4 is 4.74 Å². The molecule has 0 aliphatic heterocycles. The summed E-state index contributed by atoms with van der Waals surface area (Å²) in [5.74, 6) is 0.755. The van der Waals surface area contributed by atoms with Crippen molar-refractivity contribution in [3.05, 3.63) is 56.7 Å². The summed E-state index contributed by atoms with van der Waals surface area (Å²) in [5, 5.41) is 16.1. The van der Waals surface area contributed by atoms with Crippen LogP contribution in [-0.4, -0.2) is 14.7 Å². The minimum Gasteiger partial charge on any atom is -0.456 e. The second kappa shape index (κ2) is 5.47. The van der Waals surface area contributed by atoms with Crippen molar-refractivity contribution < 1.29 is 9.66 Å². The van der Waals surface area contributed by atoms with Crippen molar-refractivity contribution in [1.82, 2.24) is 9.78 Å². The van der Waals surface area contributed by atoms with Crippen LogP contribution in [0.2, 0.25) is 10.0 Å². The van der Waals surface area contributed by atoms with Crippen LogP contribution in [0.4, 0.5) is 5.69 Å². The van der Waals surface area contributed by atoms with Crippen LogP contribution >= 0.6 is 23.2 Å². The minimum absolute atomic E-state index is 0.0386. The van der Waals surface area contributed by atoms with Crippen molar-refractivity contribution in [2.24, 2.45) is 7.05 Å². The van der Waals surface area contributed by atoms with Gasteiger partial charge in [-0.1, -0.05) is 23.2 Å². The van der Waals surface area contributed by atoms with E-state index in [1.54, 1.807) is 16.8 Å². The van der Waals surface area contributed by atoms with Gasteiger partial charge in [-0.05, 0) is 12.1 Å². The monoisotopic (exact) mass is 337 g/mol. The third-order valence-electron chi connectivity index (χ3n) is 3.02. The molecule has 1 heterocycles. The standard InChI is InChI=1S/C14H9Cl2N3O3/c1-18-7-8-2-3-9(4-12(8)17-18)22-14-6-10(15)13(19(20)21)5-11(14)16/h2-7H,1H3. The largest absolute Gasteiger partial charge is 0.456 e. The fourth-order valence-corrected chi connectivity index (χ4v) is 2.47. The van der Waals surface area contributed by atoms with Gasteiger partial charge in [0.15, 0.2) is 0 Å². The number of fused-ring (bicyclic) bond motifs is 1. The van der Waals surface area contributed by atoms with Crippen molar-refractivity contribution in [2.75, 3.05) is 0 Å². The molecule has 2 aromatic carbocycles. The SMILES string of the molecule is Cn1cc2ccc(Oc3cc(Cl)c([N+](=O)[O-])cc3Cl)cc2n1. The molecular weight excluding hydrogens is 329 g/mol. The Bertz CT molecular complexity index is 892. The van der Waals surface area contributed by atoms with E-state index in [0.717, 1.165) is 10.9 Å². The highest BCUT2D eigenvalue weighted by atomic mass is 35.5. The Balaban J connectivity index is 1.97. The maximum absolute atomic E-state index is 10.8. The summed E-state index contributed by atoms with van der Waals surface area (Å²) in [5.41, 5.74) is 0.503. The molecule has 8 heteroatoms. The third-order valence-corrected chi connectivity index (χ3v) is 3.62. The number of rotatable bonds is 3. The number of ether oxygens (including phenoxy) is 1. The quantitative estimate of drug-likeness (QED) is 0.518. The number of halogens is 2. The lowest BCUT2D eigenvalue weighted by molar-refractivity contribution is -0.384. The fraction of sp³-hybridized carbons (Fsp3) is 0.0714. The van der Waals surface area contributed by atoms with Gasteiger partial charge in [0.05, 0.1) is 15.5 Å². The third kappa shape index (κ3) is 2.70. The summed E-state index contributed by atoms with van der Waals surface area (Å²) >= 11 is 11.9. The fourth-order valence-electron chi connectivity index (χ4n) is 2.05. The average molecular weight is 338 g/mol. The van der Waals surface area contributed by atoms with E-state index in [1.807, 2.05) is 19.3 Å². The first kappa shape index (κ1) is 14.6. The maximum atomic E-state index is 10.8. The number of benzene rings is 2. The van der Waals surface area contributed by atoms with E-state index in [4.69, 9.17) is 27.9 Å². The zero-order valence-corrected chi connectivity index (χ0v) is 12.8. The molecule has 6 nitrogen and oxygen atoms in total. The van der Waals surface area contributed by atoms with E-state index in [9.17, 15) is 10.1 Å². The Morgan fingerprint density at radius 3 is 2.73 bits per heavy atom. The Hall–Kier alpha value is -2.31. The summed E-state index contributed by atoms with van der Waals surface area (Å²) in [7, 11) is 1.83. The number of hydrogen-bond acceptors (Lipinski definition) is 4. The van der Waals surface area contributed by atoms with Crippen LogP contribution in [0.5, 0.6) is 11.5 Å². The van der Waals surface area contributed by atoms with E-state index in [0.29, 0.717) is 5.75 Å². The van der Waals surface area contributed by atoms with Crippen LogP contribution in [-0.2, 0) is 7.05 Å². The molecule has 0 spiro atoms. The molecule has 0 fully saturated rings. The molecule has 0 unspecified atom stereocenters. The Labute approximate surface area is 135 Å². The van der Waals surface area contributed by atoms with Gasteiger partial charge in [0, 0.05) is 36.8 Å². The predicted octanol–water partition coefficient (Wildman–Crippen LogP) is 4.58. The number of nitrogens with zero attached hydrogens (tertiary/aromatic N) is 3. The average Bonchev–Trinajstić information content (AvgIpc) is 2.81. The molecule has 3 aromatic rings. The first-order valence-electron chi connectivity index (χ1n) is 6.19. The van der Waals surface area contributed by atoms with Crippen LogP contribution in [0.1, 0.15) is 0 Å². The van der Waals surface area contributed by atoms with Crippen LogP contribution in [0.3, 0.4) is 0 Å².